The third-order valence-electron chi connectivity index (χ3n) is 2.11. The average Bonchev–Trinajstić information content (AvgIpc) is 2.66. The number of amides is 1. The Kier molecular flexibility index (Phi) is 2.33. The second kappa shape index (κ2) is 3.65. The number of nitrogens with zero attached hydrogens (tertiary/aromatic N) is 1. The fourth-order valence-corrected chi connectivity index (χ4v) is 1.33. The van der Waals surface area contributed by atoms with Crippen molar-refractivity contribution in [2.75, 3.05) is 14.1 Å². The fraction of sp³-hybridized carbons (Fsp3) is 0.182. The lowest BCUT2D eigenvalue weighted by atomic mass is 10.2. The second-order valence-electron chi connectivity index (χ2n) is 3.46. The van der Waals surface area contributed by atoms with Crippen LogP contribution in [0.1, 0.15) is 0 Å². The van der Waals surface area contributed by atoms with Gasteiger partial charge in [-0.15, -0.1) is 0 Å². The number of fused-ring (bicyclic) bond motifs is 1. The van der Waals surface area contributed by atoms with Crippen LogP contribution in [0.25, 0.3) is 10.9 Å². The Bertz CT molecular complexity index is 488. The molecule has 1 aromatic heterocycles. The Balaban J connectivity index is 2.35. The first-order valence-corrected chi connectivity index (χ1v) is 4.64. The van der Waals surface area contributed by atoms with Crippen LogP contribution in [0.4, 0.5) is 4.79 Å². The molecule has 0 saturated heterocycles. The lowest BCUT2D eigenvalue weighted by Crippen LogP contribution is -2.25. The molecule has 1 aromatic carbocycles. The molecular formula is C11H12N2O2. The highest BCUT2D eigenvalue weighted by Gasteiger charge is 2.09. The van der Waals surface area contributed by atoms with Gasteiger partial charge in [-0.1, -0.05) is 12.1 Å². The zero-order chi connectivity index (χ0) is 10.8. The molecule has 15 heavy (non-hydrogen) atoms. The monoisotopic (exact) mass is 204 g/mol. The number of para-hydroxylation sites is 1. The van der Waals surface area contributed by atoms with E-state index in [0.717, 1.165) is 10.9 Å². The summed E-state index contributed by atoms with van der Waals surface area (Å²) in [6, 6.07) is 7.51. The summed E-state index contributed by atoms with van der Waals surface area (Å²) in [5, 5.41) is 1.03. The third kappa shape index (κ3) is 1.79. The number of carbonyl (C=O) groups is 1. The molecule has 0 spiro atoms. The molecule has 0 unspecified atom stereocenters. The number of ether oxygens (including phenoxy) is 1. The van der Waals surface area contributed by atoms with E-state index in [0.29, 0.717) is 5.75 Å². The number of hydrogen-bond donors (Lipinski definition) is 1. The fourth-order valence-electron chi connectivity index (χ4n) is 1.33. The number of benzene rings is 1. The van der Waals surface area contributed by atoms with Crippen molar-refractivity contribution in [1.29, 1.82) is 0 Å². The molecule has 2 aromatic rings. The molecule has 2 rings (SSSR count). The van der Waals surface area contributed by atoms with Gasteiger partial charge in [-0.25, -0.2) is 4.79 Å². The molecule has 0 radical (unpaired) electrons. The highest BCUT2D eigenvalue weighted by molar-refractivity contribution is 5.87. The lowest BCUT2D eigenvalue weighted by Gasteiger charge is -2.10. The number of H-pyrrole nitrogens is 1. The summed E-state index contributed by atoms with van der Waals surface area (Å²) < 4.78 is 5.20. The van der Waals surface area contributed by atoms with Gasteiger partial charge >= 0.3 is 6.09 Å². The maximum Gasteiger partial charge on any atom is 0.414 e. The predicted octanol–water partition coefficient (Wildman–Crippen LogP) is 2.23. The van der Waals surface area contributed by atoms with Crippen LogP contribution in [-0.4, -0.2) is 30.1 Å². The van der Waals surface area contributed by atoms with E-state index < -0.39 is 0 Å². The SMILES string of the molecule is CN(C)C(=O)Oc1cccc2cc[nH]c12. The maximum atomic E-state index is 11.4. The molecular weight excluding hydrogens is 192 g/mol. The molecule has 0 fully saturated rings. The summed E-state index contributed by atoms with van der Waals surface area (Å²) in [4.78, 5) is 15.8. The molecule has 1 heterocycles. The van der Waals surface area contributed by atoms with Crippen molar-refractivity contribution >= 4 is 17.0 Å². The molecule has 4 heteroatoms. The maximum absolute atomic E-state index is 11.4. The molecule has 78 valence electrons. The van der Waals surface area contributed by atoms with Crippen molar-refractivity contribution in [2.45, 2.75) is 0 Å². The number of rotatable bonds is 1. The van der Waals surface area contributed by atoms with E-state index in [1.165, 1.54) is 4.90 Å². The Morgan fingerprint density at radius 3 is 2.87 bits per heavy atom. The van der Waals surface area contributed by atoms with Crippen LogP contribution in [0, 0.1) is 0 Å². The largest absolute Gasteiger partial charge is 0.414 e. The first-order chi connectivity index (χ1) is 7.18. The van der Waals surface area contributed by atoms with Gasteiger partial charge in [0.2, 0.25) is 0 Å². The van der Waals surface area contributed by atoms with Gasteiger partial charge in [-0.05, 0) is 12.1 Å². The summed E-state index contributed by atoms with van der Waals surface area (Å²) in [5.41, 5.74) is 0.840. The number of aromatic nitrogens is 1. The van der Waals surface area contributed by atoms with E-state index >= 15 is 0 Å². The zero-order valence-corrected chi connectivity index (χ0v) is 8.65. The Hall–Kier alpha value is -1.97. The molecule has 0 atom stereocenters. The molecule has 0 aliphatic rings. The second-order valence-corrected chi connectivity index (χ2v) is 3.46. The summed E-state index contributed by atoms with van der Waals surface area (Å²) in [6.45, 7) is 0. The van der Waals surface area contributed by atoms with Gasteiger partial charge in [0.15, 0.2) is 5.75 Å². The summed E-state index contributed by atoms with van der Waals surface area (Å²) in [7, 11) is 3.30. The minimum absolute atomic E-state index is 0.378. The van der Waals surface area contributed by atoms with Crippen molar-refractivity contribution in [3.63, 3.8) is 0 Å². The molecule has 1 N–H and O–H groups in total. The molecule has 0 saturated carbocycles. The summed E-state index contributed by atoms with van der Waals surface area (Å²) >= 11 is 0. The van der Waals surface area contributed by atoms with Gasteiger partial charge < -0.3 is 14.6 Å². The summed E-state index contributed by atoms with van der Waals surface area (Å²) in [6.07, 6.45) is 1.44. The van der Waals surface area contributed by atoms with Gasteiger partial charge in [-0.3, -0.25) is 0 Å². The number of aromatic amines is 1. The van der Waals surface area contributed by atoms with Gasteiger partial charge in [-0.2, -0.15) is 0 Å². The average molecular weight is 204 g/mol. The van der Waals surface area contributed by atoms with Crippen LogP contribution in [0.15, 0.2) is 30.5 Å². The van der Waals surface area contributed by atoms with Gasteiger partial charge in [0.05, 0.1) is 5.52 Å². The van der Waals surface area contributed by atoms with Crippen molar-refractivity contribution in [3.05, 3.63) is 30.5 Å². The normalized spacial score (nSPS) is 10.3. The number of hydrogen-bond acceptors (Lipinski definition) is 2. The van der Waals surface area contributed by atoms with E-state index in [9.17, 15) is 4.79 Å². The van der Waals surface area contributed by atoms with Crippen molar-refractivity contribution < 1.29 is 9.53 Å². The van der Waals surface area contributed by atoms with Crippen molar-refractivity contribution in [3.8, 4) is 5.75 Å². The van der Waals surface area contributed by atoms with E-state index in [-0.39, 0.29) is 6.09 Å². The van der Waals surface area contributed by atoms with Crippen LogP contribution >= 0.6 is 0 Å². The molecule has 0 aliphatic heterocycles. The lowest BCUT2D eigenvalue weighted by molar-refractivity contribution is 0.172. The van der Waals surface area contributed by atoms with Crippen molar-refractivity contribution in [2.24, 2.45) is 0 Å². The molecule has 0 aliphatic carbocycles. The van der Waals surface area contributed by atoms with E-state index in [2.05, 4.69) is 4.98 Å². The Morgan fingerprint density at radius 2 is 2.13 bits per heavy atom. The van der Waals surface area contributed by atoms with Crippen molar-refractivity contribution in [1.82, 2.24) is 9.88 Å². The molecule has 0 bridgehead atoms. The summed E-state index contributed by atoms with van der Waals surface area (Å²) in [5.74, 6) is 0.552. The number of nitrogens with one attached hydrogen (secondary N) is 1. The minimum atomic E-state index is -0.378. The standard InChI is InChI=1S/C11H12N2O2/c1-13(2)11(14)15-9-5-3-4-8-6-7-12-10(8)9/h3-7,12H,1-2H3. The van der Waals surface area contributed by atoms with Crippen LogP contribution < -0.4 is 4.74 Å². The minimum Gasteiger partial charge on any atom is -0.408 e. The van der Waals surface area contributed by atoms with Crippen LogP contribution in [0.3, 0.4) is 0 Å². The van der Waals surface area contributed by atoms with Crippen LogP contribution in [-0.2, 0) is 0 Å². The topological polar surface area (TPSA) is 45.3 Å². The predicted molar refractivity (Wildman–Crippen MR) is 58.0 cm³/mol. The van der Waals surface area contributed by atoms with Gasteiger partial charge in [0.1, 0.15) is 0 Å². The molecule has 1 amide bonds. The Labute approximate surface area is 87.5 Å². The number of carbonyl (C=O) groups excluding carboxylic acids is 1. The van der Waals surface area contributed by atoms with E-state index in [1.54, 1.807) is 20.2 Å². The molecule has 4 nitrogen and oxygen atoms in total. The first-order valence-electron chi connectivity index (χ1n) is 4.64. The highest BCUT2D eigenvalue weighted by atomic mass is 16.6. The Morgan fingerprint density at radius 1 is 1.33 bits per heavy atom. The third-order valence-corrected chi connectivity index (χ3v) is 2.11. The van der Waals surface area contributed by atoms with E-state index in [4.69, 9.17) is 4.74 Å². The van der Waals surface area contributed by atoms with Crippen LogP contribution in [0.5, 0.6) is 5.75 Å². The van der Waals surface area contributed by atoms with E-state index in [1.807, 2.05) is 24.4 Å². The first kappa shape index (κ1) is 9.58. The van der Waals surface area contributed by atoms with Crippen LogP contribution in [0.2, 0.25) is 0 Å². The van der Waals surface area contributed by atoms with Gasteiger partial charge in [0, 0.05) is 25.7 Å². The zero-order valence-electron chi connectivity index (χ0n) is 8.65. The smallest absolute Gasteiger partial charge is 0.408 e. The highest BCUT2D eigenvalue weighted by Crippen LogP contribution is 2.23. The quantitative estimate of drug-likeness (QED) is 0.774. The van der Waals surface area contributed by atoms with Gasteiger partial charge in [0.25, 0.3) is 0 Å².